The van der Waals surface area contributed by atoms with E-state index in [1.807, 2.05) is 13.8 Å². The van der Waals surface area contributed by atoms with Crippen LogP contribution in [0.5, 0.6) is 0 Å². The number of amides is 1. The molecule has 0 aliphatic carbocycles. The molecule has 1 amide bonds. The normalized spacial score (nSPS) is 13.0. The van der Waals surface area contributed by atoms with E-state index in [1.54, 1.807) is 6.92 Å². The number of halogens is 2. The van der Waals surface area contributed by atoms with Gasteiger partial charge in [0.15, 0.2) is 0 Å². The van der Waals surface area contributed by atoms with Crippen LogP contribution in [0.4, 0.5) is 4.39 Å². The maximum Gasteiger partial charge on any atom is 0.261 e. The van der Waals surface area contributed by atoms with Gasteiger partial charge in [-0.15, -0.1) is 0 Å². The van der Waals surface area contributed by atoms with Crippen LogP contribution in [-0.4, -0.2) is 31.8 Å². The molecule has 1 unspecified atom stereocenters. The summed E-state index contributed by atoms with van der Waals surface area (Å²) < 4.78 is 37.0. The molecule has 0 bridgehead atoms. The van der Waals surface area contributed by atoms with Gasteiger partial charge in [-0.3, -0.25) is 4.79 Å². The minimum atomic E-state index is -4.03. The maximum atomic E-state index is 14.0. The van der Waals surface area contributed by atoms with Crippen molar-refractivity contribution in [2.75, 3.05) is 6.54 Å². The predicted molar refractivity (Wildman–Crippen MR) is 80.6 cm³/mol. The predicted octanol–water partition coefficient (Wildman–Crippen LogP) is 3.32. The van der Waals surface area contributed by atoms with Gasteiger partial charge in [0.1, 0.15) is 5.82 Å². The molecule has 0 aliphatic rings. The number of nitrogens with zero attached hydrogens (tertiary/aromatic N) is 1. The number of carbonyl (C=O) groups excluding carboxylic acids is 1. The van der Waals surface area contributed by atoms with E-state index >= 15 is 0 Å². The smallest absolute Gasteiger partial charge is 0.261 e. The summed E-state index contributed by atoms with van der Waals surface area (Å²) in [4.78, 5) is 13.7. The molecule has 7 heteroatoms. The number of carbonyl (C=O) groups is 1. The Morgan fingerprint density at radius 2 is 1.95 bits per heavy atom. The summed E-state index contributed by atoms with van der Waals surface area (Å²) in [7, 11) is 1.29. The Hall–Kier alpha value is -1.14. The molecule has 1 aromatic carbocycles. The minimum Gasteiger partial charge on any atom is -0.336 e. The van der Waals surface area contributed by atoms with Crippen LogP contribution in [0.2, 0.25) is 0 Å². The Morgan fingerprint density at radius 1 is 1.38 bits per heavy atom. The summed E-state index contributed by atoms with van der Waals surface area (Å²) in [6.45, 7) is 7.39. The van der Waals surface area contributed by atoms with Crippen molar-refractivity contribution in [3.8, 4) is 0 Å². The maximum absolute atomic E-state index is 14.0. The number of hydrogen-bond donors (Lipinski definition) is 0. The van der Waals surface area contributed by atoms with Crippen LogP contribution in [0.3, 0.4) is 0 Å². The molecule has 0 aromatic heterocycles. The quantitative estimate of drug-likeness (QED) is 0.776. The van der Waals surface area contributed by atoms with Gasteiger partial charge in [-0.25, -0.2) is 12.8 Å². The van der Waals surface area contributed by atoms with Crippen LogP contribution < -0.4 is 0 Å². The van der Waals surface area contributed by atoms with Gasteiger partial charge < -0.3 is 4.90 Å². The van der Waals surface area contributed by atoms with Gasteiger partial charge in [0.05, 0.1) is 10.5 Å². The van der Waals surface area contributed by atoms with Gasteiger partial charge in [-0.2, -0.15) is 0 Å². The fourth-order valence-corrected chi connectivity index (χ4v) is 3.31. The highest BCUT2D eigenvalue weighted by Crippen LogP contribution is 2.24. The Morgan fingerprint density at radius 3 is 2.38 bits per heavy atom. The first kappa shape index (κ1) is 17.9. The molecule has 1 atom stereocenters. The number of aryl methyl sites for hydroxylation is 1. The molecule has 0 heterocycles. The van der Waals surface area contributed by atoms with Crippen molar-refractivity contribution in [3.05, 3.63) is 29.1 Å². The van der Waals surface area contributed by atoms with Gasteiger partial charge in [0, 0.05) is 23.3 Å². The van der Waals surface area contributed by atoms with Crippen LogP contribution in [0.25, 0.3) is 0 Å². The molecule has 4 nitrogen and oxygen atoms in total. The van der Waals surface area contributed by atoms with Crippen molar-refractivity contribution in [2.24, 2.45) is 0 Å². The molecule has 118 valence electrons. The van der Waals surface area contributed by atoms with E-state index in [0.717, 1.165) is 12.1 Å². The fourth-order valence-electron chi connectivity index (χ4n) is 2.11. The fraction of sp³-hybridized carbons (Fsp3) is 0.500. The summed E-state index contributed by atoms with van der Waals surface area (Å²) in [5.41, 5.74) is -0.104. The highest BCUT2D eigenvalue weighted by Gasteiger charge is 2.25. The van der Waals surface area contributed by atoms with E-state index in [4.69, 9.17) is 10.7 Å². The molecule has 0 saturated heterocycles. The standard InChI is InChI=1S/C14H19ClFNO3S/c1-5-10(4)17(6-2)14(18)11-8-13(21(15,19)20)9(3)7-12(11)16/h7-8,10H,5-6H2,1-4H3. The second-order valence-corrected chi connectivity index (χ2v) is 7.42. The zero-order valence-corrected chi connectivity index (χ0v) is 14.1. The van der Waals surface area contributed by atoms with E-state index in [1.165, 1.54) is 11.8 Å². The molecule has 0 spiro atoms. The summed E-state index contributed by atoms with van der Waals surface area (Å²) in [6.07, 6.45) is 0.716. The van der Waals surface area contributed by atoms with Gasteiger partial charge in [0.25, 0.3) is 15.0 Å². The molecule has 0 N–H and O–H groups in total. The summed E-state index contributed by atoms with van der Waals surface area (Å²) >= 11 is 0. The van der Waals surface area contributed by atoms with Crippen molar-refractivity contribution >= 4 is 25.6 Å². The minimum absolute atomic E-state index is 0.0701. The Kier molecular flexibility index (Phi) is 5.75. The van der Waals surface area contributed by atoms with Gasteiger partial charge >= 0.3 is 0 Å². The Labute approximate surface area is 129 Å². The highest BCUT2D eigenvalue weighted by molar-refractivity contribution is 8.13. The first-order chi connectivity index (χ1) is 9.63. The zero-order chi connectivity index (χ0) is 16.4. The number of benzene rings is 1. The molecule has 1 aromatic rings. The Balaban J connectivity index is 3.40. The first-order valence-corrected chi connectivity index (χ1v) is 9.00. The van der Waals surface area contributed by atoms with Crippen molar-refractivity contribution in [3.63, 3.8) is 0 Å². The molecular weight excluding hydrogens is 317 g/mol. The summed E-state index contributed by atoms with van der Waals surface area (Å²) in [6, 6.07) is 1.96. The Bertz CT molecular complexity index is 646. The lowest BCUT2D eigenvalue weighted by Gasteiger charge is -2.27. The molecule has 0 radical (unpaired) electrons. The molecule has 0 saturated carbocycles. The molecular formula is C14H19ClFNO3S. The average Bonchev–Trinajstić information content (AvgIpc) is 2.37. The third-order valence-corrected chi connectivity index (χ3v) is 4.95. The van der Waals surface area contributed by atoms with Crippen molar-refractivity contribution in [2.45, 2.75) is 45.1 Å². The van der Waals surface area contributed by atoms with Crippen LogP contribution in [-0.2, 0) is 9.05 Å². The number of hydrogen-bond acceptors (Lipinski definition) is 3. The SMILES string of the molecule is CCC(C)N(CC)C(=O)c1cc(S(=O)(=O)Cl)c(C)cc1F. The molecule has 1 rings (SSSR count). The number of rotatable bonds is 5. The van der Waals surface area contributed by atoms with Crippen LogP contribution in [0.1, 0.15) is 43.1 Å². The third kappa shape index (κ3) is 3.95. The van der Waals surface area contributed by atoms with E-state index < -0.39 is 20.8 Å². The largest absolute Gasteiger partial charge is 0.336 e. The highest BCUT2D eigenvalue weighted by atomic mass is 35.7. The zero-order valence-electron chi connectivity index (χ0n) is 12.5. The van der Waals surface area contributed by atoms with Crippen LogP contribution >= 0.6 is 10.7 Å². The summed E-state index contributed by atoms with van der Waals surface area (Å²) in [5, 5.41) is 0. The summed E-state index contributed by atoms with van der Waals surface area (Å²) in [5.74, 6) is -1.28. The van der Waals surface area contributed by atoms with Crippen molar-refractivity contribution < 1.29 is 17.6 Å². The lowest BCUT2D eigenvalue weighted by molar-refractivity contribution is 0.0695. The topological polar surface area (TPSA) is 54.5 Å². The monoisotopic (exact) mass is 335 g/mol. The lowest BCUT2D eigenvalue weighted by Crippen LogP contribution is -2.38. The van der Waals surface area contributed by atoms with E-state index in [9.17, 15) is 17.6 Å². The first-order valence-electron chi connectivity index (χ1n) is 6.69. The third-order valence-electron chi connectivity index (χ3n) is 3.48. The second-order valence-electron chi connectivity index (χ2n) is 4.88. The van der Waals surface area contributed by atoms with Gasteiger partial charge in [0.2, 0.25) is 0 Å². The molecule has 0 fully saturated rings. The van der Waals surface area contributed by atoms with E-state index in [-0.39, 0.29) is 22.1 Å². The molecule has 0 aliphatic heterocycles. The van der Waals surface area contributed by atoms with Gasteiger partial charge in [-0.05, 0) is 44.9 Å². The van der Waals surface area contributed by atoms with Crippen LogP contribution in [0, 0.1) is 12.7 Å². The van der Waals surface area contributed by atoms with E-state index in [2.05, 4.69) is 0 Å². The van der Waals surface area contributed by atoms with E-state index in [0.29, 0.717) is 13.0 Å². The second kappa shape index (κ2) is 6.75. The van der Waals surface area contributed by atoms with Crippen LogP contribution in [0.15, 0.2) is 17.0 Å². The van der Waals surface area contributed by atoms with Crippen molar-refractivity contribution in [1.29, 1.82) is 0 Å². The average molecular weight is 336 g/mol. The molecule has 21 heavy (non-hydrogen) atoms. The lowest BCUT2D eigenvalue weighted by atomic mass is 10.1. The van der Waals surface area contributed by atoms with Crippen molar-refractivity contribution in [1.82, 2.24) is 4.90 Å². The van der Waals surface area contributed by atoms with Gasteiger partial charge in [-0.1, -0.05) is 6.92 Å².